The number of ether oxygens (including phenoxy) is 4. The number of nitrogens with one attached hydrogen (secondary N) is 1. The number of hydrogen-bond donors (Lipinski definition) is 1. The second kappa shape index (κ2) is 24.4. The molecule has 0 rings (SSSR count). The minimum Gasteiger partial charge on any atom is -0.444 e. The first kappa shape index (κ1) is 50.0. The fraction of sp³-hybridized carbons (Fsp3) is 0.846. The Balaban J connectivity index is 5.58. The van der Waals surface area contributed by atoms with Gasteiger partial charge in [0.05, 0.1) is 12.1 Å². The van der Waals surface area contributed by atoms with E-state index in [-0.39, 0.29) is 0 Å². The molecule has 0 saturated heterocycles. The van der Waals surface area contributed by atoms with Gasteiger partial charge in [-0.25, -0.2) is 19.2 Å². The lowest BCUT2D eigenvalue weighted by atomic mass is 10.2. The first-order valence-corrected chi connectivity index (χ1v) is 19.2. The minimum atomic E-state index is -0.707. The van der Waals surface area contributed by atoms with Crippen molar-refractivity contribution < 1.29 is 38.1 Å². The summed E-state index contributed by atoms with van der Waals surface area (Å²) in [6, 6.07) is 4.29. The largest absolute Gasteiger partial charge is 0.444 e. The summed E-state index contributed by atoms with van der Waals surface area (Å²) in [4.78, 5) is 58.5. The van der Waals surface area contributed by atoms with Crippen molar-refractivity contribution in [2.75, 3.05) is 65.4 Å². The van der Waals surface area contributed by atoms with Crippen LogP contribution in [0, 0.1) is 22.7 Å². The number of hydrogen-bond acceptors (Lipinski definition) is 11. The predicted molar refractivity (Wildman–Crippen MR) is 208 cm³/mol. The van der Waals surface area contributed by atoms with E-state index in [1.54, 1.807) is 77.0 Å². The van der Waals surface area contributed by atoms with Crippen LogP contribution in [0.4, 0.5) is 19.2 Å². The number of alkyl carbamates (subject to hydrolysis) is 1. The fourth-order valence-corrected chi connectivity index (χ4v) is 4.93. The third kappa shape index (κ3) is 27.6. The molecule has 0 aromatic rings. The van der Waals surface area contributed by atoms with E-state index in [1.807, 2.05) is 20.8 Å². The van der Waals surface area contributed by atoms with Gasteiger partial charge in [0.2, 0.25) is 0 Å². The zero-order valence-electron chi connectivity index (χ0n) is 35.5. The van der Waals surface area contributed by atoms with Crippen molar-refractivity contribution in [2.45, 2.75) is 150 Å². The maximum absolute atomic E-state index is 13.3. The third-order valence-electron chi connectivity index (χ3n) is 7.17. The molecule has 310 valence electrons. The molecular formula is C39H71N7O8. The lowest BCUT2D eigenvalue weighted by Gasteiger charge is -2.31. The van der Waals surface area contributed by atoms with Crippen LogP contribution in [-0.2, 0) is 18.9 Å². The van der Waals surface area contributed by atoms with Gasteiger partial charge in [-0.05, 0) is 122 Å². The average Bonchev–Trinajstić information content (AvgIpc) is 2.99. The molecule has 4 amide bonds. The lowest BCUT2D eigenvalue weighted by Crippen LogP contribution is -2.42. The van der Waals surface area contributed by atoms with E-state index in [0.29, 0.717) is 110 Å². The van der Waals surface area contributed by atoms with Gasteiger partial charge in [-0.3, -0.25) is 0 Å². The molecule has 0 aromatic carbocycles. The number of amides is 4. The molecule has 15 nitrogen and oxygen atoms in total. The van der Waals surface area contributed by atoms with Crippen LogP contribution in [0.2, 0.25) is 0 Å². The summed E-state index contributed by atoms with van der Waals surface area (Å²) < 4.78 is 22.3. The van der Waals surface area contributed by atoms with Crippen molar-refractivity contribution in [1.82, 2.24) is 24.9 Å². The Hall–Kier alpha value is -3.98. The molecule has 0 aliphatic rings. The summed E-state index contributed by atoms with van der Waals surface area (Å²) in [6.45, 7) is 25.9. The first-order valence-electron chi connectivity index (χ1n) is 19.2. The Kier molecular flexibility index (Phi) is 22.6. The molecule has 15 heteroatoms. The second-order valence-corrected chi connectivity index (χ2v) is 17.3. The molecule has 0 aliphatic carbocycles. The van der Waals surface area contributed by atoms with Gasteiger partial charge in [-0.15, -0.1) is 0 Å². The zero-order chi connectivity index (χ0) is 41.6. The van der Waals surface area contributed by atoms with Gasteiger partial charge in [-0.1, -0.05) is 0 Å². The maximum Gasteiger partial charge on any atom is 0.410 e. The van der Waals surface area contributed by atoms with Gasteiger partial charge in [-0.2, -0.15) is 10.5 Å². The SMILES string of the molecule is CC(C)(C)OC(=O)NCCCN(CCCCN(CCCN(CCCN(CCC#N)CCC#N)C(=O)OC(C)(C)C)C(=O)OC(C)(C)C)C(=O)OC(C)(C)C. The molecule has 0 heterocycles. The molecule has 54 heavy (non-hydrogen) atoms. The minimum absolute atomic E-state index is 0.321. The van der Waals surface area contributed by atoms with Crippen molar-refractivity contribution in [3.05, 3.63) is 0 Å². The Morgan fingerprint density at radius 3 is 1.11 bits per heavy atom. The van der Waals surface area contributed by atoms with E-state index in [2.05, 4.69) is 22.4 Å². The topological polar surface area (TPSA) is 178 Å². The number of carbonyl (C=O) groups is 4. The summed E-state index contributed by atoms with van der Waals surface area (Å²) in [5.74, 6) is 0. The van der Waals surface area contributed by atoms with Crippen LogP contribution in [0.3, 0.4) is 0 Å². The number of carbonyl (C=O) groups excluding carboxylic acids is 4. The van der Waals surface area contributed by atoms with Crippen molar-refractivity contribution in [3.63, 3.8) is 0 Å². The lowest BCUT2D eigenvalue weighted by molar-refractivity contribution is 0.0179. The first-order chi connectivity index (χ1) is 24.9. The number of rotatable bonds is 21. The Labute approximate surface area is 325 Å². The molecule has 0 unspecified atom stereocenters. The van der Waals surface area contributed by atoms with E-state index in [4.69, 9.17) is 29.5 Å². The van der Waals surface area contributed by atoms with Crippen molar-refractivity contribution in [2.24, 2.45) is 0 Å². The number of unbranched alkanes of at least 4 members (excludes halogenated alkanes) is 1. The van der Waals surface area contributed by atoms with E-state index in [9.17, 15) is 19.2 Å². The smallest absolute Gasteiger partial charge is 0.410 e. The van der Waals surface area contributed by atoms with Crippen LogP contribution >= 0.6 is 0 Å². The summed E-state index contributed by atoms with van der Waals surface area (Å²) in [5.41, 5.74) is -2.69. The van der Waals surface area contributed by atoms with Gasteiger partial charge < -0.3 is 43.9 Å². The van der Waals surface area contributed by atoms with E-state index in [0.717, 1.165) is 0 Å². The molecule has 0 fully saturated rings. The molecule has 0 aliphatic heterocycles. The summed E-state index contributed by atoms with van der Waals surface area (Å²) >= 11 is 0. The third-order valence-corrected chi connectivity index (χ3v) is 7.17. The number of nitriles is 2. The van der Waals surface area contributed by atoms with Crippen LogP contribution in [0.1, 0.15) is 128 Å². The van der Waals surface area contributed by atoms with E-state index < -0.39 is 46.8 Å². The molecule has 1 N–H and O–H groups in total. The zero-order valence-corrected chi connectivity index (χ0v) is 35.5. The fourth-order valence-electron chi connectivity index (χ4n) is 4.93. The maximum atomic E-state index is 13.3. The highest BCUT2D eigenvalue weighted by atomic mass is 16.6. The van der Waals surface area contributed by atoms with Crippen LogP contribution in [0.5, 0.6) is 0 Å². The monoisotopic (exact) mass is 766 g/mol. The Morgan fingerprint density at radius 1 is 0.463 bits per heavy atom. The molecule has 0 saturated carbocycles. The summed E-state index contributed by atoms with van der Waals surface area (Å²) in [7, 11) is 0. The van der Waals surface area contributed by atoms with Crippen LogP contribution in [-0.4, -0.2) is 132 Å². The van der Waals surface area contributed by atoms with Crippen molar-refractivity contribution in [1.29, 1.82) is 10.5 Å². The molecule has 0 bridgehead atoms. The molecule has 0 spiro atoms. The quantitative estimate of drug-likeness (QED) is 0.0916. The summed E-state index contributed by atoms with van der Waals surface area (Å²) in [6.07, 6.45) is 1.57. The highest BCUT2D eigenvalue weighted by Crippen LogP contribution is 2.15. The van der Waals surface area contributed by atoms with Gasteiger partial charge >= 0.3 is 24.4 Å². The molecule has 0 aromatic heterocycles. The van der Waals surface area contributed by atoms with Crippen molar-refractivity contribution >= 4 is 24.4 Å². The van der Waals surface area contributed by atoms with Crippen LogP contribution in [0.25, 0.3) is 0 Å². The normalized spacial score (nSPS) is 11.9. The second-order valence-electron chi connectivity index (χ2n) is 17.3. The van der Waals surface area contributed by atoms with E-state index in [1.165, 1.54) is 0 Å². The van der Waals surface area contributed by atoms with Gasteiger partial charge in [0, 0.05) is 71.7 Å². The van der Waals surface area contributed by atoms with E-state index >= 15 is 0 Å². The standard InChI is InChI=1S/C39H71N7O8/c1-36(2,3)51-32(47)42-22-17-28-44(33(48)52-37(4,5)6)26-13-14-27-45(34(49)53-38(7,8)9)30-19-31-46(35(50)54-39(10,11)12)29-18-25-43(23-15-20-40)24-16-21-41/h13-19,22-31H2,1-12H3,(H,42,47). The summed E-state index contributed by atoms with van der Waals surface area (Å²) in [5, 5.41) is 20.8. The average molecular weight is 766 g/mol. The highest BCUT2D eigenvalue weighted by molar-refractivity contribution is 5.69. The van der Waals surface area contributed by atoms with Crippen molar-refractivity contribution in [3.8, 4) is 12.1 Å². The Bertz CT molecular complexity index is 1200. The predicted octanol–water partition coefficient (Wildman–Crippen LogP) is 7.30. The Morgan fingerprint density at radius 2 is 0.778 bits per heavy atom. The highest BCUT2D eigenvalue weighted by Gasteiger charge is 2.26. The molecular weight excluding hydrogens is 694 g/mol. The number of nitrogens with zero attached hydrogens (tertiary/aromatic N) is 6. The van der Waals surface area contributed by atoms with Gasteiger partial charge in [0.1, 0.15) is 22.4 Å². The molecule has 0 atom stereocenters. The molecule has 0 radical (unpaired) electrons. The van der Waals surface area contributed by atoms with Crippen LogP contribution < -0.4 is 5.32 Å². The van der Waals surface area contributed by atoms with Gasteiger partial charge in [0.25, 0.3) is 0 Å². The van der Waals surface area contributed by atoms with Gasteiger partial charge in [0.15, 0.2) is 0 Å². The van der Waals surface area contributed by atoms with Crippen LogP contribution in [0.15, 0.2) is 0 Å².